The molecule has 1 aromatic carbocycles. The fraction of sp³-hybridized carbons (Fsp3) is 0.417. The van der Waals surface area contributed by atoms with Crippen molar-refractivity contribution >= 4 is 5.91 Å². The second kappa shape index (κ2) is 3.56. The number of rotatable bonds is 0. The summed E-state index contributed by atoms with van der Waals surface area (Å²) in [6, 6.07) is 4.90. The highest BCUT2D eigenvalue weighted by Gasteiger charge is 2.35. The molecule has 84 valence electrons. The van der Waals surface area contributed by atoms with Crippen LogP contribution >= 0.6 is 0 Å². The molecule has 2 atom stereocenters. The van der Waals surface area contributed by atoms with Gasteiger partial charge in [0.1, 0.15) is 5.82 Å². The van der Waals surface area contributed by atoms with E-state index in [1.54, 1.807) is 6.07 Å². The van der Waals surface area contributed by atoms with Crippen molar-refractivity contribution in [2.75, 3.05) is 19.6 Å². The Balaban J connectivity index is 2.16. The lowest BCUT2D eigenvalue weighted by atomic mass is 9.87. The molecule has 1 fully saturated rings. The van der Waals surface area contributed by atoms with Crippen LogP contribution in [0.1, 0.15) is 21.8 Å². The number of fused-ring (bicyclic) bond motifs is 3. The second-order valence-electron chi connectivity index (χ2n) is 4.44. The molecular formula is C12H13FN2O. The molecule has 2 aliphatic heterocycles. The van der Waals surface area contributed by atoms with E-state index in [-0.39, 0.29) is 17.4 Å². The number of hydrogen-bond donors (Lipinski definition) is 2. The summed E-state index contributed by atoms with van der Waals surface area (Å²) in [5.41, 5.74) is 1.09. The molecule has 0 bridgehead atoms. The van der Waals surface area contributed by atoms with Gasteiger partial charge in [0.2, 0.25) is 0 Å². The van der Waals surface area contributed by atoms with E-state index in [9.17, 15) is 9.18 Å². The van der Waals surface area contributed by atoms with E-state index in [2.05, 4.69) is 10.6 Å². The summed E-state index contributed by atoms with van der Waals surface area (Å²) >= 11 is 0. The van der Waals surface area contributed by atoms with Crippen LogP contribution in [0.5, 0.6) is 0 Å². The first-order valence-corrected chi connectivity index (χ1v) is 5.54. The van der Waals surface area contributed by atoms with Gasteiger partial charge in [-0.25, -0.2) is 4.39 Å². The molecule has 0 spiro atoms. The largest absolute Gasteiger partial charge is 0.352 e. The van der Waals surface area contributed by atoms with Gasteiger partial charge in [-0.2, -0.15) is 0 Å². The lowest BCUT2D eigenvalue weighted by Crippen LogP contribution is -2.29. The minimum atomic E-state index is -0.414. The molecule has 2 heterocycles. The number of halogens is 1. The molecule has 0 radical (unpaired) electrons. The molecule has 0 saturated carbocycles. The number of hydrogen-bond acceptors (Lipinski definition) is 2. The summed E-state index contributed by atoms with van der Waals surface area (Å²) in [4.78, 5) is 11.8. The van der Waals surface area contributed by atoms with Crippen LogP contribution in [0, 0.1) is 11.7 Å². The van der Waals surface area contributed by atoms with Crippen molar-refractivity contribution in [1.29, 1.82) is 0 Å². The molecule has 3 rings (SSSR count). The van der Waals surface area contributed by atoms with E-state index < -0.39 is 5.82 Å². The van der Waals surface area contributed by atoms with Crippen molar-refractivity contribution in [3.63, 3.8) is 0 Å². The molecule has 2 N–H and O–H groups in total. The molecule has 0 unspecified atom stereocenters. The van der Waals surface area contributed by atoms with Crippen LogP contribution in [0.15, 0.2) is 18.2 Å². The van der Waals surface area contributed by atoms with Crippen LogP contribution in [0.3, 0.4) is 0 Å². The number of benzene rings is 1. The van der Waals surface area contributed by atoms with Crippen molar-refractivity contribution in [2.24, 2.45) is 5.92 Å². The highest BCUT2D eigenvalue weighted by molar-refractivity contribution is 5.96. The van der Waals surface area contributed by atoms with Gasteiger partial charge in [-0.05, 0) is 17.5 Å². The first-order chi connectivity index (χ1) is 7.77. The fourth-order valence-electron chi connectivity index (χ4n) is 2.71. The van der Waals surface area contributed by atoms with E-state index in [1.807, 2.05) is 6.07 Å². The van der Waals surface area contributed by atoms with Crippen LogP contribution in [0.2, 0.25) is 0 Å². The topological polar surface area (TPSA) is 41.1 Å². The maximum atomic E-state index is 13.7. The van der Waals surface area contributed by atoms with Crippen molar-refractivity contribution in [3.8, 4) is 0 Å². The Hall–Kier alpha value is -1.42. The minimum Gasteiger partial charge on any atom is -0.352 e. The number of carbonyl (C=O) groups is 1. The van der Waals surface area contributed by atoms with Gasteiger partial charge in [-0.1, -0.05) is 12.1 Å². The second-order valence-corrected chi connectivity index (χ2v) is 4.44. The molecule has 2 aliphatic rings. The molecule has 1 aromatic rings. The molecule has 4 heteroatoms. The normalized spacial score (nSPS) is 27.9. The molecule has 1 saturated heterocycles. The van der Waals surface area contributed by atoms with E-state index in [0.29, 0.717) is 12.5 Å². The predicted molar refractivity (Wildman–Crippen MR) is 57.8 cm³/mol. The highest BCUT2D eigenvalue weighted by atomic mass is 19.1. The molecular weight excluding hydrogens is 207 g/mol. The quantitative estimate of drug-likeness (QED) is 0.681. The van der Waals surface area contributed by atoms with E-state index in [0.717, 1.165) is 18.7 Å². The Bertz CT molecular complexity index is 447. The van der Waals surface area contributed by atoms with Crippen LogP contribution in [-0.2, 0) is 0 Å². The summed E-state index contributed by atoms with van der Waals surface area (Å²) in [6.45, 7) is 2.35. The summed E-state index contributed by atoms with van der Waals surface area (Å²) in [5.74, 6) is -0.0540. The minimum absolute atomic E-state index is 0.235. The van der Waals surface area contributed by atoms with Crippen LogP contribution in [-0.4, -0.2) is 25.5 Å². The molecule has 1 amide bonds. The Morgan fingerprint density at radius 2 is 2.12 bits per heavy atom. The summed E-state index contributed by atoms with van der Waals surface area (Å²) in [5, 5.41) is 6.09. The molecule has 3 nitrogen and oxygen atoms in total. The Morgan fingerprint density at radius 1 is 1.25 bits per heavy atom. The highest BCUT2D eigenvalue weighted by Crippen LogP contribution is 2.33. The standard InChI is InChI=1S/C12H13FN2O/c13-10-3-1-2-8-9-6-14-4-7(9)5-15-12(16)11(8)10/h1-3,7,9,14H,4-6H2,(H,15,16)/t7-,9+/m1/s1. The van der Waals surface area contributed by atoms with E-state index >= 15 is 0 Å². The zero-order chi connectivity index (χ0) is 11.1. The maximum Gasteiger partial charge on any atom is 0.254 e. The van der Waals surface area contributed by atoms with Gasteiger partial charge in [0.05, 0.1) is 5.56 Å². The van der Waals surface area contributed by atoms with E-state index in [4.69, 9.17) is 0 Å². The van der Waals surface area contributed by atoms with Gasteiger partial charge in [0, 0.05) is 25.6 Å². The van der Waals surface area contributed by atoms with Gasteiger partial charge in [0.15, 0.2) is 0 Å². The van der Waals surface area contributed by atoms with E-state index in [1.165, 1.54) is 6.07 Å². The third kappa shape index (κ3) is 1.33. The van der Waals surface area contributed by atoms with Crippen molar-refractivity contribution < 1.29 is 9.18 Å². The van der Waals surface area contributed by atoms with Gasteiger partial charge < -0.3 is 10.6 Å². The predicted octanol–water partition coefficient (Wildman–Crippen LogP) is 0.872. The lowest BCUT2D eigenvalue weighted by molar-refractivity contribution is 0.0948. The van der Waals surface area contributed by atoms with Crippen LogP contribution < -0.4 is 10.6 Å². The van der Waals surface area contributed by atoms with Crippen molar-refractivity contribution in [3.05, 3.63) is 35.1 Å². The third-order valence-electron chi connectivity index (χ3n) is 3.54. The maximum absolute atomic E-state index is 13.7. The average molecular weight is 220 g/mol. The lowest BCUT2D eigenvalue weighted by Gasteiger charge is -2.15. The van der Waals surface area contributed by atoms with Crippen LogP contribution in [0.4, 0.5) is 4.39 Å². The van der Waals surface area contributed by atoms with Crippen molar-refractivity contribution in [1.82, 2.24) is 10.6 Å². The summed E-state index contributed by atoms with van der Waals surface area (Å²) < 4.78 is 13.7. The summed E-state index contributed by atoms with van der Waals surface area (Å²) in [7, 11) is 0. The first kappa shape index (κ1) is 9.78. The zero-order valence-electron chi connectivity index (χ0n) is 8.79. The van der Waals surface area contributed by atoms with Gasteiger partial charge in [-0.3, -0.25) is 4.79 Å². The first-order valence-electron chi connectivity index (χ1n) is 5.54. The average Bonchev–Trinajstić information content (AvgIpc) is 2.69. The molecule has 0 aromatic heterocycles. The Kier molecular flexibility index (Phi) is 2.17. The SMILES string of the molecule is O=C1NC[C@H]2CNC[C@@H]2c2cccc(F)c21. The van der Waals surface area contributed by atoms with Crippen molar-refractivity contribution in [2.45, 2.75) is 5.92 Å². The number of nitrogens with one attached hydrogen (secondary N) is 2. The third-order valence-corrected chi connectivity index (χ3v) is 3.54. The fourth-order valence-corrected chi connectivity index (χ4v) is 2.71. The Morgan fingerprint density at radius 3 is 3.00 bits per heavy atom. The zero-order valence-corrected chi connectivity index (χ0v) is 8.79. The monoisotopic (exact) mass is 220 g/mol. The number of amides is 1. The summed E-state index contributed by atoms with van der Waals surface area (Å²) in [6.07, 6.45) is 0. The van der Waals surface area contributed by atoms with Gasteiger partial charge >= 0.3 is 0 Å². The Labute approximate surface area is 93.0 Å². The molecule has 16 heavy (non-hydrogen) atoms. The smallest absolute Gasteiger partial charge is 0.254 e. The molecule has 0 aliphatic carbocycles. The van der Waals surface area contributed by atoms with Crippen LogP contribution in [0.25, 0.3) is 0 Å². The van der Waals surface area contributed by atoms with Gasteiger partial charge in [-0.15, -0.1) is 0 Å². The number of carbonyl (C=O) groups excluding carboxylic acids is 1. The van der Waals surface area contributed by atoms with Gasteiger partial charge in [0.25, 0.3) is 5.91 Å².